The standard InChI is InChI=1S/C17H20FN5/c1-21-7-6-13-12-19-17(20-16(13)21)23-10-8-22(9-11-23)15-4-2-14(18)3-5-15/h2-7,12,17,20H,8-11H2,1H3. The zero-order valence-corrected chi connectivity index (χ0v) is 13.1. The van der Waals surface area contributed by atoms with Crippen molar-refractivity contribution in [3.8, 4) is 0 Å². The van der Waals surface area contributed by atoms with E-state index in [9.17, 15) is 4.39 Å². The van der Waals surface area contributed by atoms with Gasteiger partial charge in [0.05, 0.1) is 0 Å². The molecule has 0 radical (unpaired) electrons. The van der Waals surface area contributed by atoms with Crippen LogP contribution in [0.3, 0.4) is 0 Å². The molecule has 1 atom stereocenters. The summed E-state index contributed by atoms with van der Waals surface area (Å²) in [5, 5.41) is 3.50. The minimum absolute atomic E-state index is 0.00790. The maximum atomic E-state index is 13.0. The van der Waals surface area contributed by atoms with Crippen LogP contribution >= 0.6 is 0 Å². The van der Waals surface area contributed by atoms with Gasteiger partial charge in [0, 0.05) is 56.9 Å². The van der Waals surface area contributed by atoms with Crippen LogP contribution < -0.4 is 10.2 Å². The van der Waals surface area contributed by atoms with Gasteiger partial charge in [0.25, 0.3) is 0 Å². The van der Waals surface area contributed by atoms with Crippen LogP contribution in [0.25, 0.3) is 0 Å². The van der Waals surface area contributed by atoms with Gasteiger partial charge < -0.3 is 14.8 Å². The van der Waals surface area contributed by atoms with E-state index < -0.39 is 0 Å². The minimum atomic E-state index is -0.188. The maximum absolute atomic E-state index is 13.0. The van der Waals surface area contributed by atoms with Crippen molar-refractivity contribution in [2.45, 2.75) is 6.29 Å². The van der Waals surface area contributed by atoms with Gasteiger partial charge >= 0.3 is 0 Å². The lowest BCUT2D eigenvalue weighted by molar-refractivity contribution is 0.207. The van der Waals surface area contributed by atoms with Crippen LogP contribution in [0.1, 0.15) is 5.56 Å². The Morgan fingerprint density at radius 3 is 2.57 bits per heavy atom. The lowest BCUT2D eigenvalue weighted by Gasteiger charge is -2.39. The molecule has 0 bridgehead atoms. The predicted molar refractivity (Wildman–Crippen MR) is 90.6 cm³/mol. The summed E-state index contributed by atoms with van der Waals surface area (Å²) in [4.78, 5) is 9.25. The Hall–Kier alpha value is -2.34. The number of aliphatic imine (C=N–C) groups is 1. The molecule has 1 aromatic heterocycles. The molecule has 1 unspecified atom stereocenters. The Labute approximate surface area is 135 Å². The lowest BCUT2D eigenvalue weighted by Crippen LogP contribution is -2.52. The van der Waals surface area contributed by atoms with Crippen LogP contribution in [0.2, 0.25) is 0 Å². The van der Waals surface area contributed by atoms with Gasteiger partial charge in [0.2, 0.25) is 0 Å². The highest BCUT2D eigenvalue weighted by atomic mass is 19.1. The first-order valence-electron chi connectivity index (χ1n) is 7.90. The molecule has 23 heavy (non-hydrogen) atoms. The minimum Gasteiger partial charge on any atom is -0.369 e. The second-order valence-corrected chi connectivity index (χ2v) is 6.03. The van der Waals surface area contributed by atoms with E-state index in [2.05, 4.69) is 30.7 Å². The van der Waals surface area contributed by atoms with Crippen LogP contribution in [-0.2, 0) is 7.05 Å². The van der Waals surface area contributed by atoms with Gasteiger partial charge in [-0.1, -0.05) is 0 Å². The van der Waals surface area contributed by atoms with E-state index in [0.29, 0.717) is 0 Å². The summed E-state index contributed by atoms with van der Waals surface area (Å²) in [6.07, 6.45) is 3.98. The zero-order chi connectivity index (χ0) is 15.8. The molecule has 1 saturated heterocycles. The SMILES string of the molecule is Cn1ccc2c1NC(N1CCN(c3ccc(F)cc3)CC1)N=C2. The van der Waals surface area contributed by atoms with Gasteiger partial charge in [-0.15, -0.1) is 0 Å². The van der Waals surface area contributed by atoms with E-state index >= 15 is 0 Å². The Morgan fingerprint density at radius 1 is 1.09 bits per heavy atom. The topological polar surface area (TPSA) is 35.8 Å². The summed E-state index contributed by atoms with van der Waals surface area (Å²) in [5.74, 6) is 0.928. The molecular formula is C17H20FN5. The highest BCUT2D eigenvalue weighted by molar-refractivity contribution is 5.88. The van der Waals surface area contributed by atoms with Gasteiger partial charge in [0.15, 0.2) is 6.29 Å². The summed E-state index contributed by atoms with van der Waals surface area (Å²) in [7, 11) is 2.04. The molecule has 120 valence electrons. The molecule has 5 nitrogen and oxygen atoms in total. The van der Waals surface area contributed by atoms with Crippen LogP contribution in [-0.4, -0.2) is 48.2 Å². The van der Waals surface area contributed by atoms with Gasteiger partial charge in [-0.3, -0.25) is 9.89 Å². The first-order chi connectivity index (χ1) is 11.2. The van der Waals surface area contributed by atoms with E-state index in [-0.39, 0.29) is 12.1 Å². The quantitative estimate of drug-likeness (QED) is 0.922. The third-order valence-electron chi connectivity index (χ3n) is 4.58. The van der Waals surface area contributed by atoms with Crippen LogP contribution in [0.15, 0.2) is 41.5 Å². The molecule has 2 aromatic rings. The van der Waals surface area contributed by atoms with Gasteiger partial charge in [-0.05, 0) is 30.3 Å². The largest absolute Gasteiger partial charge is 0.369 e. The number of nitrogens with zero attached hydrogens (tertiary/aromatic N) is 4. The van der Waals surface area contributed by atoms with Crippen molar-refractivity contribution in [2.24, 2.45) is 12.0 Å². The molecule has 2 aliphatic heterocycles. The normalized spacial score (nSPS) is 21.1. The number of piperazine rings is 1. The van der Waals surface area contributed by atoms with Crippen molar-refractivity contribution < 1.29 is 4.39 Å². The average molecular weight is 313 g/mol. The van der Waals surface area contributed by atoms with Crippen LogP contribution in [0, 0.1) is 5.82 Å². The number of hydrogen-bond acceptors (Lipinski definition) is 4. The number of rotatable bonds is 2. The molecular weight excluding hydrogens is 293 g/mol. The second kappa shape index (κ2) is 5.70. The van der Waals surface area contributed by atoms with E-state index in [0.717, 1.165) is 43.2 Å². The number of aryl methyl sites for hydroxylation is 1. The fourth-order valence-electron chi connectivity index (χ4n) is 3.21. The smallest absolute Gasteiger partial charge is 0.177 e. The van der Waals surface area contributed by atoms with Crippen molar-refractivity contribution in [1.29, 1.82) is 0 Å². The predicted octanol–water partition coefficient (Wildman–Crippen LogP) is 2.11. The van der Waals surface area contributed by atoms with E-state index in [1.54, 1.807) is 0 Å². The molecule has 0 amide bonds. The molecule has 4 rings (SSSR count). The van der Waals surface area contributed by atoms with Crippen molar-refractivity contribution in [3.63, 3.8) is 0 Å². The number of halogens is 1. The Kier molecular flexibility index (Phi) is 3.53. The monoisotopic (exact) mass is 313 g/mol. The van der Waals surface area contributed by atoms with E-state index in [4.69, 9.17) is 0 Å². The molecule has 1 N–H and O–H groups in total. The van der Waals surface area contributed by atoms with Crippen molar-refractivity contribution in [1.82, 2.24) is 9.47 Å². The Balaban J connectivity index is 1.40. The molecule has 1 aromatic carbocycles. The number of aromatic nitrogens is 1. The third-order valence-corrected chi connectivity index (χ3v) is 4.58. The Bertz CT molecular complexity index is 713. The van der Waals surface area contributed by atoms with Gasteiger partial charge in [-0.2, -0.15) is 0 Å². The van der Waals surface area contributed by atoms with Crippen molar-refractivity contribution in [2.75, 3.05) is 36.4 Å². The van der Waals surface area contributed by atoms with Crippen LogP contribution in [0.5, 0.6) is 0 Å². The fraction of sp³-hybridized carbons (Fsp3) is 0.353. The fourth-order valence-corrected chi connectivity index (χ4v) is 3.21. The molecule has 0 aliphatic carbocycles. The van der Waals surface area contributed by atoms with Gasteiger partial charge in [-0.25, -0.2) is 4.39 Å². The maximum Gasteiger partial charge on any atom is 0.177 e. The first-order valence-corrected chi connectivity index (χ1v) is 7.90. The van der Waals surface area contributed by atoms with Crippen LogP contribution in [0.4, 0.5) is 15.9 Å². The molecule has 0 saturated carbocycles. The highest BCUT2D eigenvalue weighted by Gasteiger charge is 2.26. The zero-order valence-electron chi connectivity index (χ0n) is 13.1. The number of anilines is 2. The summed E-state index contributed by atoms with van der Waals surface area (Å²) in [5.41, 5.74) is 2.21. The summed E-state index contributed by atoms with van der Waals surface area (Å²) in [6.45, 7) is 3.68. The molecule has 2 aliphatic rings. The van der Waals surface area contributed by atoms with Crippen molar-refractivity contribution >= 4 is 17.7 Å². The number of benzene rings is 1. The highest BCUT2D eigenvalue weighted by Crippen LogP contribution is 2.23. The second-order valence-electron chi connectivity index (χ2n) is 6.03. The molecule has 0 spiro atoms. The lowest BCUT2D eigenvalue weighted by atomic mass is 10.2. The average Bonchev–Trinajstić information content (AvgIpc) is 2.96. The molecule has 3 heterocycles. The summed E-state index contributed by atoms with van der Waals surface area (Å²) in [6, 6.07) is 8.79. The molecule has 6 heteroatoms. The van der Waals surface area contributed by atoms with E-state index in [1.165, 1.54) is 12.1 Å². The first kappa shape index (κ1) is 14.3. The number of fused-ring (bicyclic) bond motifs is 1. The molecule has 1 fully saturated rings. The summed E-state index contributed by atoms with van der Waals surface area (Å²) >= 11 is 0. The third kappa shape index (κ3) is 2.70. The summed E-state index contributed by atoms with van der Waals surface area (Å²) < 4.78 is 15.1. The van der Waals surface area contributed by atoms with Crippen molar-refractivity contribution in [3.05, 3.63) is 47.9 Å². The van der Waals surface area contributed by atoms with E-state index in [1.807, 2.05) is 31.6 Å². The Morgan fingerprint density at radius 2 is 1.83 bits per heavy atom. The number of hydrogen-bond donors (Lipinski definition) is 1. The number of nitrogens with one attached hydrogen (secondary N) is 1. The van der Waals surface area contributed by atoms with Gasteiger partial charge in [0.1, 0.15) is 11.6 Å².